The van der Waals surface area contributed by atoms with Crippen LogP contribution in [0.5, 0.6) is 0 Å². The lowest BCUT2D eigenvalue weighted by molar-refractivity contribution is 0.0939. The fourth-order valence-electron chi connectivity index (χ4n) is 2.70. The van der Waals surface area contributed by atoms with Gasteiger partial charge in [-0.1, -0.05) is 12.1 Å². The number of benzene rings is 1. The molecule has 3 rings (SSSR count). The van der Waals surface area contributed by atoms with Gasteiger partial charge in [-0.3, -0.25) is 4.79 Å². The number of aryl methyl sites for hydroxylation is 2. The normalized spacial score (nSPS) is 12.1. The van der Waals surface area contributed by atoms with Gasteiger partial charge in [-0.25, -0.2) is 9.67 Å². The standard InChI is InChI=1S/C18H20N4O2/c1-12-8-17(14(3)24-12)13(2)21-18(23)16-6-4-15(5-7-16)9-22-11-19-10-20-22/h4-8,10-11,13H,9H2,1-3H3,(H,21,23)/t13-/m1/s1. The maximum absolute atomic E-state index is 12.4. The van der Waals surface area contributed by atoms with Crippen molar-refractivity contribution in [2.75, 3.05) is 0 Å². The average Bonchev–Trinajstić information content (AvgIpc) is 3.17. The molecule has 0 bridgehead atoms. The van der Waals surface area contributed by atoms with Gasteiger partial charge in [-0.05, 0) is 44.5 Å². The van der Waals surface area contributed by atoms with Gasteiger partial charge < -0.3 is 9.73 Å². The van der Waals surface area contributed by atoms with Gasteiger partial charge in [-0.2, -0.15) is 5.10 Å². The third kappa shape index (κ3) is 3.53. The van der Waals surface area contributed by atoms with Gasteiger partial charge in [0.25, 0.3) is 5.91 Å². The van der Waals surface area contributed by atoms with Crippen LogP contribution in [0.4, 0.5) is 0 Å². The van der Waals surface area contributed by atoms with Crippen molar-refractivity contribution in [3.05, 3.63) is 71.2 Å². The van der Waals surface area contributed by atoms with Crippen molar-refractivity contribution in [3.63, 3.8) is 0 Å². The highest BCUT2D eigenvalue weighted by Gasteiger charge is 2.16. The van der Waals surface area contributed by atoms with Crippen molar-refractivity contribution in [1.29, 1.82) is 0 Å². The van der Waals surface area contributed by atoms with Crippen LogP contribution in [0.2, 0.25) is 0 Å². The summed E-state index contributed by atoms with van der Waals surface area (Å²) in [6, 6.07) is 9.35. The summed E-state index contributed by atoms with van der Waals surface area (Å²) in [6.45, 7) is 6.39. The number of carbonyl (C=O) groups is 1. The first-order valence-corrected chi connectivity index (χ1v) is 7.82. The molecule has 3 aromatic rings. The first-order valence-electron chi connectivity index (χ1n) is 7.82. The number of hydrogen-bond donors (Lipinski definition) is 1. The average molecular weight is 324 g/mol. The molecule has 0 aliphatic heterocycles. The minimum Gasteiger partial charge on any atom is -0.466 e. The third-order valence-corrected chi connectivity index (χ3v) is 3.92. The molecular formula is C18H20N4O2. The van der Waals surface area contributed by atoms with E-state index in [-0.39, 0.29) is 11.9 Å². The second-order valence-electron chi connectivity index (χ2n) is 5.85. The van der Waals surface area contributed by atoms with E-state index in [1.165, 1.54) is 6.33 Å². The van der Waals surface area contributed by atoms with E-state index in [2.05, 4.69) is 15.4 Å². The maximum Gasteiger partial charge on any atom is 0.251 e. The highest BCUT2D eigenvalue weighted by atomic mass is 16.3. The number of hydrogen-bond acceptors (Lipinski definition) is 4. The summed E-state index contributed by atoms with van der Waals surface area (Å²) in [5, 5.41) is 7.07. The molecule has 2 aromatic heterocycles. The lowest BCUT2D eigenvalue weighted by Crippen LogP contribution is -2.26. The van der Waals surface area contributed by atoms with Gasteiger partial charge >= 0.3 is 0 Å². The van der Waals surface area contributed by atoms with Gasteiger partial charge in [-0.15, -0.1) is 0 Å². The molecular weight excluding hydrogens is 304 g/mol. The van der Waals surface area contributed by atoms with Gasteiger partial charge in [0, 0.05) is 11.1 Å². The first-order chi connectivity index (χ1) is 11.5. The number of rotatable bonds is 5. The largest absolute Gasteiger partial charge is 0.466 e. The first kappa shape index (κ1) is 16.0. The van der Waals surface area contributed by atoms with Crippen LogP contribution in [0.25, 0.3) is 0 Å². The van der Waals surface area contributed by atoms with Crippen LogP contribution in [0, 0.1) is 13.8 Å². The smallest absolute Gasteiger partial charge is 0.251 e. The Kier molecular flexibility index (Phi) is 4.46. The lowest BCUT2D eigenvalue weighted by Gasteiger charge is -2.13. The molecule has 1 aromatic carbocycles. The van der Waals surface area contributed by atoms with E-state index in [1.54, 1.807) is 11.0 Å². The van der Waals surface area contributed by atoms with Gasteiger partial charge in [0.1, 0.15) is 24.2 Å². The van der Waals surface area contributed by atoms with Crippen LogP contribution in [0.1, 0.15) is 46.0 Å². The van der Waals surface area contributed by atoms with Gasteiger partial charge in [0.2, 0.25) is 0 Å². The number of nitrogens with zero attached hydrogens (tertiary/aromatic N) is 3. The van der Waals surface area contributed by atoms with Crippen LogP contribution in [0.3, 0.4) is 0 Å². The van der Waals surface area contributed by atoms with Crippen molar-refractivity contribution in [3.8, 4) is 0 Å². The van der Waals surface area contributed by atoms with Crippen molar-refractivity contribution < 1.29 is 9.21 Å². The molecule has 6 heteroatoms. The van der Waals surface area contributed by atoms with E-state index in [1.807, 2.05) is 51.1 Å². The highest BCUT2D eigenvalue weighted by Crippen LogP contribution is 2.21. The Morgan fingerprint density at radius 3 is 2.62 bits per heavy atom. The number of aromatic nitrogens is 3. The minimum atomic E-state index is -0.107. The Balaban J connectivity index is 1.65. The van der Waals surface area contributed by atoms with Gasteiger partial charge in [0.15, 0.2) is 0 Å². The van der Waals surface area contributed by atoms with Crippen LogP contribution >= 0.6 is 0 Å². The maximum atomic E-state index is 12.4. The summed E-state index contributed by atoms with van der Waals surface area (Å²) in [5.41, 5.74) is 2.69. The molecule has 0 radical (unpaired) electrons. The predicted molar refractivity (Wildman–Crippen MR) is 89.6 cm³/mol. The van der Waals surface area contributed by atoms with E-state index in [4.69, 9.17) is 4.42 Å². The van der Waals surface area contributed by atoms with E-state index < -0.39 is 0 Å². The number of amides is 1. The van der Waals surface area contributed by atoms with Crippen molar-refractivity contribution >= 4 is 5.91 Å². The summed E-state index contributed by atoms with van der Waals surface area (Å²) in [4.78, 5) is 16.3. The quantitative estimate of drug-likeness (QED) is 0.783. The Morgan fingerprint density at radius 2 is 2.04 bits per heavy atom. The molecule has 0 fully saturated rings. The Morgan fingerprint density at radius 1 is 1.29 bits per heavy atom. The van der Waals surface area contributed by atoms with E-state index in [9.17, 15) is 4.79 Å². The topological polar surface area (TPSA) is 73.0 Å². The Hall–Kier alpha value is -2.89. The minimum absolute atomic E-state index is 0.104. The molecule has 6 nitrogen and oxygen atoms in total. The van der Waals surface area contributed by atoms with Crippen LogP contribution in [-0.4, -0.2) is 20.7 Å². The SMILES string of the molecule is Cc1cc([C@@H](C)NC(=O)c2ccc(Cn3cncn3)cc2)c(C)o1. The van der Waals surface area contributed by atoms with E-state index in [0.717, 1.165) is 22.6 Å². The molecule has 0 aliphatic carbocycles. The summed E-state index contributed by atoms with van der Waals surface area (Å²) < 4.78 is 7.26. The third-order valence-electron chi connectivity index (χ3n) is 3.92. The monoisotopic (exact) mass is 324 g/mol. The summed E-state index contributed by atoms with van der Waals surface area (Å²) in [5.74, 6) is 1.58. The number of furan rings is 1. The summed E-state index contributed by atoms with van der Waals surface area (Å²) in [6.07, 6.45) is 3.17. The second kappa shape index (κ2) is 6.70. The van der Waals surface area contributed by atoms with Crippen LogP contribution < -0.4 is 5.32 Å². The zero-order valence-electron chi connectivity index (χ0n) is 14.0. The number of carbonyl (C=O) groups excluding carboxylic acids is 1. The van der Waals surface area contributed by atoms with Crippen molar-refractivity contribution in [2.24, 2.45) is 0 Å². The lowest BCUT2D eigenvalue weighted by atomic mass is 10.1. The molecule has 0 unspecified atom stereocenters. The predicted octanol–water partition coefficient (Wildman–Crippen LogP) is 3.03. The molecule has 0 aliphatic rings. The van der Waals surface area contributed by atoms with E-state index >= 15 is 0 Å². The fraction of sp³-hybridized carbons (Fsp3) is 0.278. The molecule has 0 spiro atoms. The zero-order valence-corrected chi connectivity index (χ0v) is 14.0. The molecule has 1 N–H and O–H groups in total. The summed E-state index contributed by atoms with van der Waals surface area (Å²) >= 11 is 0. The van der Waals surface area contributed by atoms with Gasteiger partial charge in [0.05, 0.1) is 12.6 Å². The highest BCUT2D eigenvalue weighted by molar-refractivity contribution is 5.94. The molecule has 1 amide bonds. The Bertz CT molecular complexity index is 819. The number of nitrogens with one attached hydrogen (secondary N) is 1. The fourth-order valence-corrected chi connectivity index (χ4v) is 2.70. The molecule has 24 heavy (non-hydrogen) atoms. The van der Waals surface area contributed by atoms with E-state index in [0.29, 0.717) is 12.1 Å². The zero-order chi connectivity index (χ0) is 17.1. The molecule has 1 atom stereocenters. The molecule has 0 saturated heterocycles. The Labute approximate surface area is 140 Å². The van der Waals surface area contributed by atoms with Crippen molar-refractivity contribution in [1.82, 2.24) is 20.1 Å². The molecule has 0 saturated carbocycles. The van der Waals surface area contributed by atoms with Crippen LogP contribution in [0.15, 0.2) is 47.4 Å². The molecule has 124 valence electrons. The molecule has 2 heterocycles. The van der Waals surface area contributed by atoms with Crippen LogP contribution in [-0.2, 0) is 6.54 Å². The second-order valence-corrected chi connectivity index (χ2v) is 5.85. The van der Waals surface area contributed by atoms with Crippen molar-refractivity contribution in [2.45, 2.75) is 33.4 Å². The summed E-state index contributed by atoms with van der Waals surface area (Å²) in [7, 11) is 0.